The van der Waals surface area contributed by atoms with Crippen LogP contribution in [0.5, 0.6) is 11.5 Å². The van der Waals surface area contributed by atoms with Gasteiger partial charge in [0.15, 0.2) is 11.5 Å². The van der Waals surface area contributed by atoms with Gasteiger partial charge in [0, 0.05) is 10.6 Å². The van der Waals surface area contributed by atoms with Crippen molar-refractivity contribution < 1.29 is 9.47 Å². The molecule has 3 aromatic carbocycles. The molecule has 0 unspecified atom stereocenters. The molecule has 0 radical (unpaired) electrons. The van der Waals surface area contributed by atoms with Gasteiger partial charge < -0.3 is 9.47 Å². The van der Waals surface area contributed by atoms with Crippen LogP contribution < -0.4 is 9.47 Å². The molecule has 0 spiro atoms. The zero-order valence-electron chi connectivity index (χ0n) is 17.7. The number of benzene rings is 3. The van der Waals surface area contributed by atoms with E-state index in [2.05, 4.69) is 12.6 Å². The van der Waals surface area contributed by atoms with Crippen molar-refractivity contribution in [2.75, 3.05) is 7.11 Å². The monoisotopic (exact) mass is 429 g/mol. The predicted octanol–water partition coefficient (Wildman–Crippen LogP) is 7.03. The van der Waals surface area contributed by atoms with Crippen LogP contribution in [0.1, 0.15) is 27.8 Å². The minimum Gasteiger partial charge on any atom is -0.493 e. The van der Waals surface area contributed by atoms with Crippen molar-refractivity contribution >= 4 is 23.3 Å². The highest BCUT2D eigenvalue weighted by Gasteiger charge is 2.13. The lowest BCUT2D eigenvalue weighted by Crippen LogP contribution is -2.02. The Bertz CT molecular complexity index is 1120. The number of rotatable bonds is 8. The summed E-state index contributed by atoms with van der Waals surface area (Å²) in [5.41, 5.74) is 5.42. The van der Waals surface area contributed by atoms with E-state index in [1.807, 2.05) is 79.7 Å². The Morgan fingerprint density at radius 2 is 1.81 bits per heavy atom. The Hall–Kier alpha value is -3.48. The van der Waals surface area contributed by atoms with Crippen LogP contribution in [0.3, 0.4) is 0 Å². The molecule has 0 N–H and O–H groups in total. The number of nitriles is 1. The summed E-state index contributed by atoms with van der Waals surface area (Å²) >= 11 is 5.97. The second kappa shape index (κ2) is 10.5. The van der Waals surface area contributed by atoms with Gasteiger partial charge in [0.05, 0.1) is 18.8 Å². The third-order valence-electron chi connectivity index (χ3n) is 4.83. The summed E-state index contributed by atoms with van der Waals surface area (Å²) in [4.78, 5) is 0. The summed E-state index contributed by atoms with van der Waals surface area (Å²) in [5, 5.41) is 10.4. The van der Waals surface area contributed by atoms with Gasteiger partial charge in [0.1, 0.15) is 6.61 Å². The Morgan fingerprint density at radius 3 is 2.42 bits per heavy atom. The smallest absolute Gasteiger partial charge is 0.165 e. The first-order valence-corrected chi connectivity index (χ1v) is 10.3. The molecule has 0 aliphatic carbocycles. The van der Waals surface area contributed by atoms with E-state index in [1.54, 1.807) is 7.11 Å². The first-order valence-electron chi connectivity index (χ1n) is 9.92. The van der Waals surface area contributed by atoms with Crippen molar-refractivity contribution in [3.63, 3.8) is 0 Å². The molecule has 156 valence electrons. The van der Waals surface area contributed by atoms with Crippen LogP contribution >= 0.6 is 11.6 Å². The predicted molar refractivity (Wildman–Crippen MR) is 127 cm³/mol. The van der Waals surface area contributed by atoms with Crippen LogP contribution in [-0.4, -0.2) is 7.11 Å². The average Bonchev–Trinajstić information content (AvgIpc) is 2.78. The molecule has 3 rings (SSSR count). The number of methoxy groups -OCH3 is 1. The van der Waals surface area contributed by atoms with Gasteiger partial charge in [-0.2, -0.15) is 5.26 Å². The van der Waals surface area contributed by atoms with Gasteiger partial charge >= 0.3 is 0 Å². The Labute approximate surface area is 188 Å². The summed E-state index contributed by atoms with van der Waals surface area (Å²) in [6.07, 6.45) is 4.30. The minimum absolute atomic E-state index is 0.389. The molecule has 0 aliphatic heterocycles. The van der Waals surface area contributed by atoms with Crippen LogP contribution in [0.15, 0.2) is 73.3 Å². The van der Waals surface area contributed by atoms with Gasteiger partial charge in [0.25, 0.3) is 0 Å². The van der Waals surface area contributed by atoms with E-state index in [0.717, 1.165) is 27.8 Å². The largest absolute Gasteiger partial charge is 0.493 e. The van der Waals surface area contributed by atoms with E-state index in [1.165, 1.54) is 0 Å². The number of allylic oxidation sites excluding steroid dienone is 2. The van der Waals surface area contributed by atoms with E-state index < -0.39 is 0 Å². The number of hydrogen-bond donors (Lipinski definition) is 0. The molecule has 0 saturated heterocycles. The van der Waals surface area contributed by atoms with E-state index in [9.17, 15) is 5.26 Å². The lowest BCUT2D eigenvalue weighted by molar-refractivity contribution is 0.282. The van der Waals surface area contributed by atoms with Gasteiger partial charge in [-0.15, -0.1) is 6.58 Å². The van der Waals surface area contributed by atoms with Crippen molar-refractivity contribution in [3.8, 4) is 17.6 Å². The highest BCUT2D eigenvalue weighted by atomic mass is 35.5. The number of halogens is 1. The summed E-state index contributed by atoms with van der Waals surface area (Å²) in [6, 6.07) is 21.6. The van der Waals surface area contributed by atoms with Gasteiger partial charge in [-0.05, 0) is 60.4 Å². The number of ether oxygens (including phenoxy) is 2. The van der Waals surface area contributed by atoms with Crippen molar-refractivity contribution in [1.82, 2.24) is 0 Å². The van der Waals surface area contributed by atoms with Crippen LogP contribution in [0.4, 0.5) is 0 Å². The lowest BCUT2D eigenvalue weighted by atomic mass is 10.00. The number of nitrogens with zero attached hydrogens (tertiary/aromatic N) is 1. The number of aryl methyl sites for hydroxylation is 1. The molecule has 0 heterocycles. The van der Waals surface area contributed by atoms with Crippen LogP contribution in [0.2, 0.25) is 5.02 Å². The Morgan fingerprint density at radius 1 is 1.10 bits per heavy atom. The second-order valence-corrected chi connectivity index (χ2v) is 7.59. The molecule has 31 heavy (non-hydrogen) atoms. The molecule has 4 heteroatoms. The zero-order chi connectivity index (χ0) is 22.2. The fourth-order valence-corrected chi connectivity index (χ4v) is 3.33. The van der Waals surface area contributed by atoms with Crippen LogP contribution in [-0.2, 0) is 13.0 Å². The molecule has 0 aliphatic rings. The SMILES string of the molecule is C=CCc1cc(/C=C(/C#N)c2ccc(C)cc2)cc(OC)c1OCc1ccc(Cl)cc1. The summed E-state index contributed by atoms with van der Waals surface area (Å²) < 4.78 is 11.7. The first kappa shape index (κ1) is 22.2. The van der Waals surface area contributed by atoms with Gasteiger partial charge in [-0.25, -0.2) is 0 Å². The lowest BCUT2D eigenvalue weighted by Gasteiger charge is -2.16. The van der Waals surface area contributed by atoms with Crippen molar-refractivity contribution in [1.29, 1.82) is 5.26 Å². The first-order chi connectivity index (χ1) is 15.0. The zero-order valence-corrected chi connectivity index (χ0v) is 18.4. The second-order valence-electron chi connectivity index (χ2n) is 7.16. The van der Waals surface area contributed by atoms with Crippen molar-refractivity contribution in [2.24, 2.45) is 0 Å². The average molecular weight is 430 g/mol. The van der Waals surface area contributed by atoms with Crippen LogP contribution in [0.25, 0.3) is 11.6 Å². The molecule has 0 saturated carbocycles. The molecule has 0 amide bonds. The molecular weight excluding hydrogens is 406 g/mol. The molecule has 3 aromatic rings. The third-order valence-corrected chi connectivity index (χ3v) is 5.08. The van der Waals surface area contributed by atoms with E-state index in [0.29, 0.717) is 35.1 Å². The van der Waals surface area contributed by atoms with E-state index in [-0.39, 0.29) is 0 Å². The minimum atomic E-state index is 0.389. The van der Waals surface area contributed by atoms with E-state index in [4.69, 9.17) is 21.1 Å². The van der Waals surface area contributed by atoms with Gasteiger partial charge in [-0.3, -0.25) is 0 Å². The molecular formula is C27H24ClNO2. The molecule has 0 fully saturated rings. The number of hydrogen-bond acceptors (Lipinski definition) is 3. The fourth-order valence-electron chi connectivity index (χ4n) is 3.21. The highest BCUT2D eigenvalue weighted by molar-refractivity contribution is 6.30. The summed E-state index contributed by atoms with van der Waals surface area (Å²) in [5.74, 6) is 1.28. The Kier molecular flexibility index (Phi) is 7.54. The maximum Gasteiger partial charge on any atom is 0.165 e. The van der Waals surface area contributed by atoms with Crippen molar-refractivity contribution in [2.45, 2.75) is 20.0 Å². The topological polar surface area (TPSA) is 42.2 Å². The Balaban J connectivity index is 1.96. The molecule has 0 bridgehead atoms. The maximum atomic E-state index is 9.69. The third kappa shape index (κ3) is 5.78. The van der Waals surface area contributed by atoms with Gasteiger partial charge in [-0.1, -0.05) is 59.6 Å². The molecule has 0 aromatic heterocycles. The fraction of sp³-hybridized carbons (Fsp3) is 0.148. The van der Waals surface area contributed by atoms with E-state index >= 15 is 0 Å². The summed E-state index contributed by atoms with van der Waals surface area (Å²) in [6.45, 7) is 6.28. The van der Waals surface area contributed by atoms with Crippen molar-refractivity contribution in [3.05, 3.63) is 106 Å². The van der Waals surface area contributed by atoms with Crippen LogP contribution in [0, 0.1) is 18.3 Å². The standard InChI is InChI=1S/C27H24ClNO2/c1-4-5-23-14-21(15-24(17-29)22-10-6-19(2)7-11-22)16-26(30-3)27(23)31-18-20-8-12-25(28)13-9-20/h4,6-16H,1,5,18H2,2-3H3/b24-15-. The summed E-state index contributed by atoms with van der Waals surface area (Å²) in [7, 11) is 1.61. The normalized spacial score (nSPS) is 11.0. The molecule has 0 atom stereocenters. The van der Waals surface area contributed by atoms with Gasteiger partial charge in [0.2, 0.25) is 0 Å². The highest BCUT2D eigenvalue weighted by Crippen LogP contribution is 2.35. The molecule has 3 nitrogen and oxygen atoms in total. The quantitative estimate of drug-likeness (QED) is 0.219. The maximum absolute atomic E-state index is 9.69.